The van der Waals surface area contributed by atoms with E-state index in [0.717, 1.165) is 24.0 Å². The summed E-state index contributed by atoms with van der Waals surface area (Å²) in [6.07, 6.45) is 1.18. The first-order valence-electron chi connectivity index (χ1n) is 4.90. The van der Waals surface area contributed by atoms with Crippen molar-refractivity contribution in [2.75, 3.05) is 23.8 Å². The number of nitrogens with two attached hydrogens (primary N) is 1. The second-order valence-electron chi connectivity index (χ2n) is 3.61. The standard InChI is InChI=1S/C11H15NOS/c12-10-1-3-11(4-2-10)13-6-5-9-7-14-8-9/h1-4,9H,5-8,12H2. The largest absolute Gasteiger partial charge is 0.494 e. The normalized spacial score (nSPS) is 16.3. The Morgan fingerprint density at radius 1 is 1.29 bits per heavy atom. The molecule has 76 valence electrons. The van der Waals surface area contributed by atoms with E-state index in [1.54, 1.807) is 0 Å². The fraction of sp³-hybridized carbons (Fsp3) is 0.455. The average molecular weight is 209 g/mol. The predicted molar refractivity (Wildman–Crippen MR) is 61.8 cm³/mol. The van der Waals surface area contributed by atoms with Crippen LogP contribution in [-0.2, 0) is 0 Å². The summed E-state index contributed by atoms with van der Waals surface area (Å²) in [4.78, 5) is 0. The van der Waals surface area contributed by atoms with E-state index >= 15 is 0 Å². The first-order valence-corrected chi connectivity index (χ1v) is 6.06. The molecule has 2 N–H and O–H groups in total. The van der Waals surface area contributed by atoms with Crippen molar-refractivity contribution in [2.45, 2.75) is 6.42 Å². The minimum Gasteiger partial charge on any atom is -0.494 e. The molecule has 1 aromatic rings. The zero-order valence-electron chi connectivity index (χ0n) is 8.11. The number of thioether (sulfide) groups is 1. The summed E-state index contributed by atoms with van der Waals surface area (Å²) in [6.45, 7) is 0.829. The monoisotopic (exact) mass is 209 g/mol. The molecule has 0 aliphatic carbocycles. The maximum Gasteiger partial charge on any atom is 0.119 e. The van der Waals surface area contributed by atoms with Gasteiger partial charge in [-0.2, -0.15) is 11.8 Å². The molecule has 1 aliphatic rings. The van der Waals surface area contributed by atoms with Gasteiger partial charge >= 0.3 is 0 Å². The number of ether oxygens (including phenoxy) is 1. The third kappa shape index (κ3) is 2.58. The number of rotatable bonds is 4. The van der Waals surface area contributed by atoms with Crippen molar-refractivity contribution in [3.05, 3.63) is 24.3 Å². The molecule has 0 amide bonds. The van der Waals surface area contributed by atoms with Gasteiger partial charge in [-0.1, -0.05) is 0 Å². The molecular weight excluding hydrogens is 194 g/mol. The number of benzene rings is 1. The third-order valence-corrected chi connectivity index (χ3v) is 3.80. The Morgan fingerprint density at radius 3 is 2.57 bits per heavy atom. The van der Waals surface area contributed by atoms with E-state index in [4.69, 9.17) is 10.5 Å². The van der Waals surface area contributed by atoms with E-state index in [1.165, 1.54) is 17.9 Å². The zero-order chi connectivity index (χ0) is 9.80. The van der Waals surface area contributed by atoms with Crippen LogP contribution >= 0.6 is 11.8 Å². The lowest BCUT2D eigenvalue weighted by molar-refractivity contribution is 0.289. The molecule has 2 nitrogen and oxygen atoms in total. The van der Waals surface area contributed by atoms with Crippen LogP contribution in [0.25, 0.3) is 0 Å². The highest BCUT2D eigenvalue weighted by Crippen LogP contribution is 2.27. The Labute approximate surface area is 88.8 Å². The third-order valence-electron chi connectivity index (χ3n) is 2.38. The van der Waals surface area contributed by atoms with E-state index < -0.39 is 0 Å². The number of hydrogen-bond donors (Lipinski definition) is 1. The van der Waals surface area contributed by atoms with Crippen molar-refractivity contribution in [3.8, 4) is 5.75 Å². The first-order chi connectivity index (χ1) is 6.84. The Balaban J connectivity index is 1.71. The maximum atomic E-state index is 5.60. The van der Waals surface area contributed by atoms with Crippen LogP contribution in [0, 0.1) is 5.92 Å². The Hall–Kier alpha value is -0.830. The molecule has 1 aliphatic heterocycles. The number of nitrogen functional groups attached to an aromatic ring is 1. The number of anilines is 1. The van der Waals surface area contributed by atoms with Crippen LogP contribution in [0.5, 0.6) is 5.75 Å². The molecule has 3 heteroatoms. The fourth-order valence-electron chi connectivity index (χ4n) is 1.36. The maximum absolute atomic E-state index is 5.60. The van der Waals surface area contributed by atoms with Gasteiger partial charge in [-0.3, -0.25) is 0 Å². The van der Waals surface area contributed by atoms with Crippen LogP contribution in [0.3, 0.4) is 0 Å². The highest BCUT2D eigenvalue weighted by atomic mass is 32.2. The topological polar surface area (TPSA) is 35.2 Å². The van der Waals surface area contributed by atoms with Gasteiger partial charge in [0, 0.05) is 5.69 Å². The van der Waals surface area contributed by atoms with Gasteiger partial charge in [-0.15, -0.1) is 0 Å². The minimum absolute atomic E-state index is 0.785. The van der Waals surface area contributed by atoms with Crippen LogP contribution in [0.4, 0.5) is 5.69 Å². The van der Waals surface area contributed by atoms with Crippen molar-refractivity contribution >= 4 is 17.4 Å². The van der Waals surface area contributed by atoms with E-state index in [1.807, 2.05) is 36.0 Å². The van der Waals surface area contributed by atoms with Gasteiger partial charge < -0.3 is 10.5 Å². The summed E-state index contributed by atoms with van der Waals surface area (Å²) < 4.78 is 5.60. The quantitative estimate of drug-likeness (QED) is 0.773. The van der Waals surface area contributed by atoms with Gasteiger partial charge in [0.1, 0.15) is 5.75 Å². The SMILES string of the molecule is Nc1ccc(OCCC2CSC2)cc1. The molecule has 1 aromatic carbocycles. The van der Waals surface area contributed by atoms with Gasteiger partial charge in [0.05, 0.1) is 6.61 Å². The van der Waals surface area contributed by atoms with Crippen molar-refractivity contribution in [1.82, 2.24) is 0 Å². The van der Waals surface area contributed by atoms with Crippen molar-refractivity contribution in [2.24, 2.45) is 5.92 Å². The van der Waals surface area contributed by atoms with Crippen molar-refractivity contribution in [1.29, 1.82) is 0 Å². The van der Waals surface area contributed by atoms with E-state index in [2.05, 4.69) is 0 Å². The summed E-state index contributed by atoms with van der Waals surface area (Å²) in [6, 6.07) is 7.58. The van der Waals surface area contributed by atoms with Crippen LogP contribution < -0.4 is 10.5 Å². The van der Waals surface area contributed by atoms with Gasteiger partial charge in [0.15, 0.2) is 0 Å². The smallest absolute Gasteiger partial charge is 0.119 e. The first kappa shape index (κ1) is 9.71. The number of hydrogen-bond acceptors (Lipinski definition) is 3. The van der Waals surface area contributed by atoms with E-state index in [0.29, 0.717) is 0 Å². The van der Waals surface area contributed by atoms with Crippen LogP contribution in [-0.4, -0.2) is 18.1 Å². The summed E-state index contributed by atoms with van der Waals surface area (Å²) in [7, 11) is 0. The second-order valence-corrected chi connectivity index (χ2v) is 4.68. The molecule has 2 rings (SSSR count). The van der Waals surface area contributed by atoms with Gasteiger partial charge in [-0.25, -0.2) is 0 Å². The predicted octanol–water partition coefficient (Wildman–Crippen LogP) is 2.40. The molecule has 0 saturated carbocycles. The lowest BCUT2D eigenvalue weighted by atomic mass is 10.1. The summed E-state index contributed by atoms with van der Waals surface area (Å²) in [5.74, 6) is 4.43. The van der Waals surface area contributed by atoms with E-state index in [-0.39, 0.29) is 0 Å². The Kier molecular flexibility index (Phi) is 3.19. The lowest BCUT2D eigenvalue weighted by Gasteiger charge is -2.24. The second kappa shape index (κ2) is 4.60. The van der Waals surface area contributed by atoms with Crippen LogP contribution in [0.2, 0.25) is 0 Å². The summed E-state index contributed by atoms with van der Waals surface area (Å²) in [5.41, 5.74) is 6.36. The molecule has 0 atom stereocenters. The van der Waals surface area contributed by atoms with Gasteiger partial charge in [-0.05, 0) is 48.1 Å². The molecule has 0 spiro atoms. The highest BCUT2D eigenvalue weighted by molar-refractivity contribution is 8.00. The summed E-state index contributed by atoms with van der Waals surface area (Å²) in [5, 5.41) is 0. The molecule has 0 aromatic heterocycles. The van der Waals surface area contributed by atoms with Gasteiger partial charge in [0.25, 0.3) is 0 Å². The molecule has 1 fully saturated rings. The molecule has 14 heavy (non-hydrogen) atoms. The molecular formula is C11H15NOS. The minimum atomic E-state index is 0.785. The van der Waals surface area contributed by atoms with Crippen LogP contribution in [0.1, 0.15) is 6.42 Å². The fourth-order valence-corrected chi connectivity index (χ4v) is 2.26. The Morgan fingerprint density at radius 2 is 2.00 bits per heavy atom. The molecule has 1 saturated heterocycles. The molecule has 1 heterocycles. The molecule has 0 bridgehead atoms. The summed E-state index contributed by atoms with van der Waals surface area (Å²) >= 11 is 2.02. The molecule has 0 unspecified atom stereocenters. The average Bonchev–Trinajstić information content (AvgIpc) is 2.12. The van der Waals surface area contributed by atoms with Gasteiger partial charge in [0.2, 0.25) is 0 Å². The Bertz CT molecular complexity index is 282. The zero-order valence-corrected chi connectivity index (χ0v) is 8.93. The van der Waals surface area contributed by atoms with Crippen LogP contribution in [0.15, 0.2) is 24.3 Å². The van der Waals surface area contributed by atoms with Crippen molar-refractivity contribution < 1.29 is 4.74 Å². The van der Waals surface area contributed by atoms with Crippen molar-refractivity contribution in [3.63, 3.8) is 0 Å². The lowest BCUT2D eigenvalue weighted by Crippen LogP contribution is -2.20. The molecule has 0 radical (unpaired) electrons. The highest BCUT2D eigenvalue weighted by Gasteiger charge is 2.17. The van der Waals surface area contributed by atoms with E-state index in [9.17, 15) is 0 Å².